The van der Waals surface area contributed by atoms with Gasteiger partial charge in [0.1, 0.15) is 6.61 Å². The second-order valence-electron chi connectivity index (χ2n) is 10.1. The van der Waals surface area contributed by atoms with Crippen molar-refractivity contribution in [2.24, 2.45) is 5.92 Å². The number of carbonyl (C=O) groups excluding carboxylic acids is 1. The summed E-state index contributed by atoms with van der Waals surface area (Å²) in [7, 11) is 0. The third kappa shape index (κ3) is 5.54. The largest absolute Gasteiger partial charge is 0.411 e. The number of anilines is 1. The standard InChI is InChI=1S/C27H33F3N2O3/c1-3-26-12-11-25(34,16-35-17-27(28,29)30)15-21(26)7-4-6-19-14-20(9-10-22(19)26)24(33)32-23-8-5-13-31-18(23)2/h5,8-10,13-14,21,34H,3-4,6-7,11-12,15-17H2,1-2H3,(H,32,33)/t21-,25+,26+/m1/s1. The number of alkyl halides is 3. The molecule has 2 aromatic rings. The summed E-state index contributed by atoms with van der Waals surface area (Å²) < 4.78 is 42.5. The molecule has 1 saturated carbocycles. The Kier molecular flexibility index (Phi) is 7.25. The Morgan fingerprint density at radius 3 is 2.80 bits per heavy atom. The van der Waals surface area contributed by atoms with Crippen molar-refractivity contribution in [1.29, 1.82) is 0 Å². The molecule has 2 N–H and O–H groups in total. The van der Waals surface area contributed by atoms with E-state index in [0.29, 0.717) is 30.5 Å². The molecule has 0 unspecified atom stereocenters. The molecule has 1 aromatic carbocycles. The van der Waals surface area contributed by atoms with Crippen LogP contribution in [0.15, 0.2) is 36.5 Å². The summed E-state index contributed by atoms with van der Waals surface area (Å²) in [5.74, 6) is -0.0465. The molecule has 0 radical (unpaired) electrons. The fraction of sp³-hybridized carbons (Fsp3) is 0.556. The third-order valence-corrected chi connectivity index (χ3v) is 7.87. The molecule has 0 saturated heterocycles. The van der Waals surface area contributed by atoms with Gasteiger partial charge in [-0.1, -0.05) is 13.0 Å². The number of hydrogen-bond donors (Lipinski definition) is 2. The smallest absolute Gasteiger partial charge is 0.387 e. The van der Waals surface area contributed by atoms with E-state index < -0.39 is 18.4 Å². The van der Waals surface area contributed by atoms with Crippen LogP contribution in [-0.4, -0.2) is 41.0 Å². The first kappa shape index (κ1) is 25.6. The molecule has 1 fully saturated rings. The molecule has 8 heteroatoms. The van der Waals surface area contributed by atoms with Gasteiger partial charge < -0.3 is 15.2 Å². The number of ether oxygens (including phenoxy) is 1. The number of carbonyl (C=O) groups is 1. The Morgan fingerprint density at radius 2 is 2.09 bits per heavy atom. The van der Waals surface area contributed by atoms with E-state index >= 15 is 0 Å². The van der Waals surface area contributed by atoms with Gasteiger partial charge >= 0.3 is 6.18 Å². The number of benzene rings is 1. The zero-order valence-corrected chi connectivity index (χ0v) is 20.3. The number of pyridine rings is 1. The first-order valence-corrected chi connectivity index (χ1v) is 12.3. The molecule has 4 rings (SSSR count). The molecule has 0 spiro atoms. The van der Waals surface area contributed by atoms with E-state index in [1.807, 2.05) is 31.2 Å². The number of aliphatic hydroxyl groups is 1. The van der Waals surface area contributed by atoms with E-state index in [2.05, 4.69) is 17.2 Å². The number of fused-ring (bicyclic) bond motifs is 3. The van der Waals surface area contributed by atoms with Gasteiger partial charge in [0, 0.05) is 11.8 Å². The summed E-state index contributed by atoms with van der Waals surface area (Å²) in [5, 5.41) is 14.0. The maximum atomic E-state index is 13.0. The van der Waals surface area contributed by atoms with E-state index in [0.717, 1.165) is 36.9 Å². The van der Waals surface area contributed by atoms with E-state index in [9.17, 15) is 23.1 Å². The number of aryl methyl sites for hydroxylation is 2. The summed E-state index contributed by atoms with van der Waals surface area (Å²) in [6.07, 6.45) is 2.21. The minimum atomic E-state index is -4.40. The average Bonchev–Trinajstić information content (AvgIpc) is 2.95. The topological polar surface area (TPSA) is 71.5 Å². The van der Waals surface area contributed by atoms with E-state index in [4.69, 9.17) is 4.74 Å². The van der Waals surface area contributed by atoms with Gasteiger partial charge in [-0.15, -0.1) is 0 Å². The van der Waals surface area contributed by atoms with Gasteiger partial charge in [-0.25, -0.2) is 0 Å². The Labute approximate surface area is 204 Å². The summed E-state index contributed by atoms with van der Waals surface area (Å²) in [6.45, 7) is 2.34. The second-order valence-corrected chi connectivity index (χ2v) is 10.1. The lowest BCUT2D eigenvalue weighted by Crippen LogP contribution is -2.50. The molecule has 1 amide bonds. The molecule has 2 aliphatic carbocycles. The molecular formula is C27H33F3N2O3. The van der Waals surface area contributed by atoms with Crippen molar-refractivity contribution in [3.8, 4) is 0 Å². The minimum absolute atomic E-state index is 0.139. The maximum absolute atomic E-state index is 13.0. The highest BCUT2D eigenvalue weighted by molar-refractivity contribution is 6.04. The highest BCUT2D eigenvalue weighted by Gasteiger charge is 2.50. The zero-order chi connectivity index (χ0) is 25.3. The SMILES string of the molecule is CC[C@]12CC[C@@](O)(COCC(F)(F)F)C[C@H]1CCCc1cc(C(=O)Nc3cccnc3C)ccc12. The van der Waals surface area contributed by atoms with Gasteiger partial charge in [-0.3, -0.25) is 9.78 Å². The lowest BCUT2D eigenvalue weighted by molar-refractivity contribution is -0.192. The van der Waals surface area contributed by atoms with Gasteiger partial charge in [-0.05, 0) is 98.6 Å². The molecule has 5 nitrogen and oxygen atoms in total. The van der Waals surface area contributed by atoms with Crippen molar-refractivity contribution in [2.75, 3.05) is 18.5 Å². The van der Waals surface area contributed by atoms with Crippen molar-refractivity contribution in [3.63, 3.8) is 0 Å². The quantitative estimate of drug-likeness (QED) is 0.542. The first-order valence-electron chi connectivity index (χ1n) is 12.3. The number of halogens is 3. The molecule has 35 heavy (non-hydrogen) atoms. The van der Waals surface area contributed by atoms with Crippen LogP contribution in [0.2, 0.25) is 0 Å². The van der Waals surface area contributed by atoms with Crippen LogP contribution >= 0.6 is 0 Å². The highest BCUT2D eigenvalue weighted by atomic mass is 19.4. The van der Waals surface area contributed by atoms with Crippen LogP contribution in [0.3, 0.4) is 0 Å². The Balaban J connectivity index is 1.55. The van der Waals surface area contributed by atoms with Crippen LogP contribution in [0.25, 0.3) is 0 Å². The zero-order valence-electron chi connectivity index (χ0n) is 20.3. The molecule has 1 aromatic heterocycles. The van der Waals surface area contributed by atoms with Gasteiger partial charge in [-0.2, -0.15) is 13.2 Å². The normalized spacial score (nSPS) is 26.4. The van der Waals surface area contributed by atoms with Crippen molar-refractivity contribution < 1.29 is 27.8 Å². The van der Waals surface area contributed by atoms with E-state index in [1.165, 1.54) is 5.56 Å². The fourth-order valence-corrected chi connectivity index (χ4v) is 6.07. The number of amides is 1. The van der Waals surface area contributed by atoms with Crippen LogP contribution < -0.4 is 5.32 Å². The van der Waals surface area contributed by atoms with Gasteiger partial charge in [0.2, 0.25) is 0 Å². The molecule has 3 atom stereocenters. The maximum Gasteiger partial charge on any atom is 0.411 e. The fourth-order valence-electron chi connectivity index (χ4n) is 6.07. The molecule has 2 aliphatic rings. The molecule has 0 aliphatic heterocycles. The minimum Gasteiger partial charge on any atom is -0.387 e. The summed E-state index contributed by atoms with van der Waals surface area (Å²) in [4.78, 5) is 17.2. The molecule has 190 valence electrons. The summed E-state index contributed by atoms with van der Waals surface area (Å²) in [5.41, 5.74) is 2.94. The Hall–Kier alpha value is -2.45. The second kappa shape index (κ2) is 9.90. The van der Waals surface area contributed by atoms with Gasteiger partial charge in [0.25, 0.3) is 5.91 Å². The lowest BCUT2D eigenvalue weighted by Gasteiger charge is -2.50. The highest BCUT2D eigenvalue weighted by Crippen LogP contribution is 2.53. The van der Waals surface area contributed by atoms with E-state index in [-0.39, 0.29) is 23.8 Å². The van der Waals surface area contributed by atoms with Crippen LogP contribution in [0.1, 0.15) is 72.6 Å². The van der Waals surface area contributed by atoms with Crippen molar-refractivity contribution in [2.45, 2.75) is 76.0 Å². The summed E-state index contributed by atoms with van der Waals surface area (Å²) in [6, 6.07) is 9.48. The van der Waals surface area contributed by atoms with Gasteiger partial charge in [0.15, 0.2) is 0 Å². The van der Waals surface area contributed by atoms with Crippen molar-refractivity contribution >= 4 is 11.6 Å². The molecule has 0 bridgehead atoms. The van der Waals surface area contributed by atoms with Crippen LogP contribution in [0.5, 0.6) is 0 Å². The Morgan fingerprint density at radius 1 is 1.29 bits per heavy atom. The number of aromatic nitrogens is 1. The predicted molar refractivity (Wildman–Crippen MR) is 127 cm³/mol. The predicted octanol–water partition coefficient (Wildman–Crippen LogP) is 5.74. The number of hydrogen-bond acceptors (Lipinski definition) is 4. The first-order chi connectivity index (χ1) is 16.6. The Bertz CT molecular complexity index is 1070. The average molecular weight is 491 g/mol. The number of rotatable bonds is 6. The third-order valence-electron chi connectivity index (χ3n) is 7.87. The van der Waals surface area contributed by atoms with Crippen LogP contribution in [0, 0.1) is 12.8 Å². The van der Waals surface area contributed by atoms with Crippen LogP contribution in [0.4, 0.5) is 18.9 Å². The number of nitrogens with one attached hydrogen (secondary N) is 1. The summed E-state index contributed by atoms with van der Waals surface area (Å²) >= 11 is 0. The lowest BCUT2D eigenvalue weighted by atomic mass is 9.57. The molecular weight excluding hydrogens is 457 g/mol. The van der Waals surface area contributed by atoms with Gasteiger partial charge in [0.05, 0.1) is 23.6 Å². The molecule has 1 heterocycles. The monoisotopic (exact) mass is 490 g/mol. The van der Waals surface area contributed by atoms with Crippen LogP contribution in [-0.2, 0) is 16.6 Å². The van der Waals surface area contributed by atoms with E-state index in [1.54, 1.807) is 12.3 Å². The number of nitrogens with zero attached hydrogens (tertiary/aromatic N) is 1. The van der Waals surface area contributed by atoms with Crippen molar-refractivity contribution in [3.05, 3.63) is 58.9 Å². The van der Waals surface area contributed by atoms with Crippen molar-refractivity contribution in [1.82, 2.24) is 4.98 Å².